The molecule has 0 aromatic rings. The third-order valence-corrected chi connectivity index (χ3v) is 1.16. The maximum Gasteiger partial charge on any atom is -1.00 e. The number of halogens is 1. The second-order valence-electron chi connectivity index (χ2n) is 3.22. The van der Waals surface area contributed by atoms with Crippen molar-refractivity contribution in [1.29, 1.82) is 0 Å². The zero-order valence-corrected chi connectivity index (χ0v) is 10.8. The van der Waals surface area contributed by atoms with Crippen molar-refractivity contribution < 1.29 is 21.7 Å². The molecule has 0 saturated carbocycles. The van der Waals surface area contributed by atoms with E-state index in [4.69, 9.17) is 4.74 Å². The number of rotatable bonds is 0. The van der Waals surface area contributed by atoms with E-state index in [2.05, 4.69) is 20.8 Å². The molecule has 1 saturated heterocycles. The summed E-state index contributed by atoms with van der Waals surface area (Å²) in [5.74, 6) is 0. The van der Waals surface area contributed by atoms with Crippen LogP contribution in [0.3, 0.4) is 0 Å². The maximum absolute atomic E-state index is 5.15. The minimum atomic E-state index is 0. The van der Waals surface area contributed by atoms with Crippen LogP contribution >= 0.6 is 0 Å². The van der Waals surface area contributed by atoms with E-state index in [1.54, 1.807) is 0 Å². The van der Waals surface area contributed by atoms with Gasteiger partial charge in [0.1, 0.15) is 0 Å². The summed E-state index contributed by atoms with van der Waals surface area (Å²) < 4.78 is 6.01. The summed E-state index contributed by atoms with van der Waals surface area (Å²) in [7, 11) is 0. The first-order chi connectivity index (χ1) is 4.63. The Morgan fingerprint density at radius 2 is 1.91 bits per heavy atom. The fourth-order valence-corrected chi connectivity index (χ4v) is 0.739. The van der Waals surface area contributed by atoms with Crippen LogP contribution in [0.15, 0.2) is 0 Å². The summed E-state index contributed by atoms with van der Waals surface area (Å²) in [5, 5.41) is 0. The van der Waals surface area contributed by atoms with Crippen LogP contribution in [-0.2, 0) is 4.74 Å². The van der Waals surface area contributed by atoms with Crippen molar-refractivity contribution in [2.45, 2.75) is 43.8 Å². The molecule has 1 fully saturated rings. The average molecular weight is 233 g/mol. The Kier molecular flexibility index (Phi) is 12.4. The van der Waals surface area contributed by atoms with Crippen LogP contribution < -0.4 is 17.0 Å². The summed E-state index contributed by atoms with van der Waals surface area (Å²) in [6.07, 6.45) is 3.08. The molecule has 0 amide bonds. The van der Waals surface area contributed by atoms with Gasteiger partial charge in [0.15, 0.2) is 0 Å². The first-order valence-corrected chi connectivity index (χ1v) is 4.89. The molecule has 1 aliphatic heterocycles. The van der Waals surface area contributed by atoms with Gasteiger partial charge in [0, 0.05) is 6.61 Å². The van der Waals surface area contributed by atoms with E-state index in [1.807, 2.05) is 21.7 Å². The largest absolute Gasteiger partial charge is 1.00 e. The molecule has 1 heterocycles. The Bertz CT molecular complexity index is 69.7. The topological polar surface area (TPSA) is 9.23 Å². The van der Waals surface area contributed by atoms with Crippen LogP contribution in [0.25, 0.3) is 0 Å². The minimum Gasteiger partial charge on any atom is -1.00 e. The Balaban J connectivity index is 0. The van der Waals surface area contributed by atoms with Gasteiger partial charge in [-0.3, -0.25) is 0 Å². The molecule has 64 valence electrons. The summed E-state index contributed by atoms with van der Waals surface area (Å²) in [5.41, 5.74) is 0. The van der Waals surface area contributed by atoms with Crippen molar-refractivity contribution in [3.05, 3.63) is 0 Å². The predicted octanol–water partition coefficient (Wildman–Crippen LogP) is -0.827. The molecule has 1 aliphatic rings. The SMILES string of the molecule is CC1CCCO1.C[CH](C)[Mg+].[Br-]. The van der Waals surface area contributed by atoms with Crippen molar-refractivity contribution in [3.63, 3.8) is 0 Å². The molecule has 1 atom stereocenters. The molecular weight excluding hydrogens is 216 g/mol. The van der Waals surface area contributed by atoms with Gasteiger partial charge in [-0.1, -0.05) is 0 Å². The number of ether oxygens (including phenoxy) is 1. The average Bonchev–Trinajstić information content (AvgIpc) is 2.15. The first kappa shape index (κ1) is 14.7. The van der Waals surface area contributed by atoms with E-state index in [9.17, 15) is 0 Å². The van der Waals surface area contributed by atoms with Gasteiger partial charge >= 0.3 is 39.6 Å². The van der Waals surface area contributed by atoms with Crippen LogP contribution in [0, 0.1) is 0 Å². The van der Waals surface area contributed by atoms with Gasteiger partial charge in [-0.25, -0.2) is 0 Å². The van der Waals surface area contributed by atoms with E-state index in [0.717, 1.165) is 10.7 Å². The van der Waals surface area contributed by atoms with Crippen molar-refractivity contribution in [2.24, 2.45) is 0 Å². The van der Waals surface area contributed by atoms with Crippen molar-refractivity contribution in [3.8, 4) is 0 Å². The zero-order chi connectivity index (χ0) is 7.98. The molecular formula is C8H17BrMgO. The molecule has 1 rings (SSSR count). The molecule has 0 N–H and O–H groups in total. The van der Waals surface area contributed by atoms with Crippen molar-refractivity contribution >= 4 is 21.7 Å². The third-order valence-electron chi connectivity index (χ3n) is 1.16. The van der Waals surface area contributed by atoms with Crippen LogP contribution in [0.4, 0.5) is 0 Å². The van der Waals surface area contributed by atoms with Gasteiger partial charge in [-0.2, -0.15) is 0 Å². The quantitative estimate of drug-likeness (QED) is 0.497. The molecule has 0 spiro atoms. The standard InChI is InChI=1S/C5H10O.C3H7.BrH.Mg/c1-5-3-2-4-6-5;1-3-2;;/h5H,2-4H2,1H3;3H,1-2H3;1H;/q;;;+1/p-1. The van der Waals surface area contributed by atoms with Gasteiger partial charge in [-0.15, -0.1) is 0 Å². The van der Waals surface area contributed by atoms with Gasteiger partial charge in [0.25, 0.3) is 0 Å². The fourth-order valence-electron chi connectivity index (χ4n) is 0.739. The van der Waals surface area contributed by atoms with Crippen molar-refractivity contribution in [1.82, 2.24) is 0 Å². The van der Waals surface area contributed by atoms with Crippen LogP contribution in [0.1, 0.15) is 33.6 Å². The molecule has 11 heavy (non-hydrogen) atoms. The Labute approximate surface area is 93.5 Å². The second-order valence-corrected chi connectivity index (χ2v) is 4.85. The smallest absolute Gasteiger partial charge is 1.00 e. The van der Waals surface area contributed by atoms with Gasteiger partial charge < -0.3 is 21.7 Å². The van der Waals surface area contributed by atoms with E-state index in [1.165, 1.54) is 12.8 Å². The second kappa shape index (κ2) is 9.30. The van der Waals surface area contributed by atoms with Gasteiger partial charge in [0.2, 0.25) is 0 Å². The number of hydrogen-bond donors (Lipinski definition) is 0. The molecule has 0 aromatic carbocycles. The van der Waals surface area contributed by atoms with E-state index >= 15 is 0 Å². The van der Waals surface area contributed by atoms with E-state index in [0.29, 0.717) is 6.10 Å². The molecule has 1 unspecified atom stereocenters. The van der Waals surface area contributed by atoms with Crippen LogP contribution in [0.2, 0.25) is 4.05 Å². The molecule has 3 heteroatoms. The van der Waals surface area contributed by atoms with Crippen LogP contribution in [-0.4, -0.2) is 34.4 Å². The Morgan fingerprint density at radius 3 is 2.00 bits per heavy atom. The summed E-state index contributed by atoms with van der Waals surface area (Å²) >= 11 is 2.00. The fraction of sp³-hybridized carbons (Fsp3) is 1.00. The van der Waals surface area contributed by atoms with Crippen LogP contribution in [0.5, 0.6) is 0 Å². The van der Waals surface area contributed by atoms with Gasteiger partial charge in [-0.05, 0) is 19.8 Å². The molecule has 0 bridgehead atoms. The normalized spacial score (nSPS) is 22.2. The molecule has 0 radical (unpaired) electrons. The third kappa shape index (κ3) is 14.1. The van der Waals surface area contributed by atoms with Crippen molar-refractivity contribution in [2.75, 3.05) is 6.61 Å². The zero-order valence-electron chi connectivity index (χ0n) is 7.77. The summed E-state index contributed by atoms with van der Waals surface area (Å²) in [6.45, 7) is 7.46. The van der Waals surface area contributed by atoms with E-state index < -0.39 is 0 Å². The first-order valence-electron chi connectivity index (χ1n) is 4.07. The molecule has 0 aliphatic carbocycles. The Morgan fingerprint density at radius 1 is 1.45 bits per heavy atom. The maximum atomic E-state index is 5.15. The Hall–Kier alpha value is 1.21. The molecule has 0 aromatic heterocycles. The number of hydrogen-bond acceptors (Lipinski definition) is 1. The minimum absolute atomic E-state index is 0. The molecule has 1 nitrogen and oxygen atoms in total. The van der Waals surface area contributed by atoms with Gasteiger partial charge in [0.05, 0.1) is 6.10 Å². The predicted molar refractivity (Wildman–Crippen MR) is 45.5 cm³/mol. The van der Waals surface area contributed by atoms with E-state index in [-0.39, 0.29) is 17.0 Å². The monoisotopic (exact) mass is 232 g/mol. The summed E-state index contributed by atoms with van der Waals surface area (Å²) in [4.78, 5) is 0. The summed E-state index contributed by atoms with van der Waals surface area (Å²) in [6, 6.07) is 0.